The van der Waals surface area contributed by atoms with Crippen molar-refractivity contribution in [2.24, 2.45) is 0 Å². The Morgan fingerprint density at radius 2 is 2.36 bits per heavy atom. The molecule has 132 valence electrons. The zero-order valence-corrected chi connectivity index (χ0v) is 13.3. The molecule has 0 aromatic carbocycles. The Morgan fingerprint density at radius 3 is 3.12 bits per heavy atom. The number of carboxylic acids is 1. The summed E-state index contributed by atoms with van der Waals surface area (Å²) in [7, 11) is 0. The second kappa shape index (κ2) is 7.71. The van der Waals surface area contributed by atoms with Gasteiger partial charge >= 0.3 is 5.97 Å². The third-order valence-electron chi connectivity index (χ3n) is 3.49. The second-order valence-corrected chi connectivity index (χ2v) is 5.47. The van der Waals surface area contributed by atoms with E-state index < -0.39 is 5.97 Å². The minimum atomic E-state index is -1.02. The van der Waals surface area contributed by atoms with Crippen LogP contribution in [0.3, 0.4) is 0 Å². The van der Waals surface area contributed by atoms with Gasteiger partial charge in [-0.2, -0.15) is 0 Å². The van der Waals surface area contributed by atoms with Crippen LogP contribution >= 0.6 is 0 Å². The summed E-state index contributed by atoms with van der Waals surface area (Å²) in [5.74, 6) is -0.962. The van der Waals surface area contributed by atoms with Crippen molar-refractivity contribution < 1.29 is 24.2 Å². The van der Waals surface area contributed by atoms with Gasteiger partial charge < -0.3 is 19.9 Å². The van der Waals surface area contributed by atoms with Gasteiger partial charge in [-0.15, -0.1) is 5.10 Å². The molecule has 25 heavy (non-hydrogen) atoms. The molecule has 1 aliphatic rings. The number of nitrogens with one attached hydrogen (secondary N) is 1. The molecule has 0 radical (unpaired) electrons. The van der Waals surface area contributed by atoms with Crippen molar-refractivity contribution in [1.29, 1.82) is 0 Å². The summed E-state index contributed by atoms with van der Waals surface area (Å²) in [6, 6.07) is 3.14. The maximum atomic E-state index is 12.2. The van der Waals surface area contributed by atoms with E-state index in [1.54, 1.807) is 12.1 Å². The van der Waals surface area contributed by atoms with Crippen molar-refractivity contribution in [2.45, 2.75) is 25.6 Å². The zero-order valence-electron chi connectivity index (χ0n) is 13.3. The lowest BCUT2D eigenvalue weighted by Gasteiger charge is -2.11. The summed E-state index contributed by atoms with van der Waals surface area (Å²) in [6.07, 6.45) is 3.72. The fraction of sp³-hybridized carbons (Fsp3) is 0.400. The summed E-state index contributed by atoms with van der Waals surface area (Å²) >= 11 is 0. The molecule has 0 saturated carbocycles. The van der Waals surface area contributed by atoms with E-state index >= 15 is 0 Å². The van der Waals surface area contributed by atoms with Crippen LogP contribution in [0.15, 0.2) is 24.5 Å². The van der Waals surface area contributed by atoms with Crippen molar-refractivity contribution in [1.82, 2.24) is 25.3 Å². The number of ether oxygens (including phenoxy) is 2. The van der Waals surface area contributed by atoms with Crippen molar-refractivity contribution in [3.8, 4) is 5.88 Å². The van der Waals surface area contributed by atoms with Gasteiger partial charge in [-0.25, -0.2) is 9.67 Å². The third-order valence-corrected chi connectivity index (χ3v) is 3.49. The van der Waals surface area contributed by atoms with E-state index in [0.717, 1.165) is 6.42 Å². The highest BCUT2D eigenvalue weighted by atomic mass is 16.5. The molecule has 1 aliphatic heterocycles. The van der Waals surface area contributed by atoms with Gasteiger partial charge in [-0.3, -0.25) is 9.59 Å². The lowest BCUT2D eigenvalue weighted by molar-refractivity contribution is -0.137. The van der Waals surface area contributed by atoms with Crippen LogP contribution in [-0.4, -0.2) is 56.3 Å². The fourth-order valence-electron chi connectivity index (χ4n) is 2.30. The molecular formula is C15H17N5O5. The lowest BCUT2D eigenvalue weighted by atomic mass is 10.2. The molecule has 2 N–H and O–H groups in total. The number of hydrogen-bond donors (Lipinski definition) is 2. The molecule has 0 bridgehead atoms. The van der Waals surface area contributed by atoms with Gasteiger partial charge in [0.05, 0.1) is 26.0 Å². The van der Waals surface area contributed by atoms with E-state index in [1.807, 2.05) is 0 Å². The first-order valence-electron chi connectivity index (χ1n) is 7.69. The van der Waals surface area contributed by atoms with E-state index in [9.17, 15) is 9.59 Å². The first kappa shape index (κ1) is 16.8. The number of amides is 1. The van der Waals surface area contributed by atoms with E-state index in [1.165, 1.54) is 17.1 Å². The number of rotatable bonds is 7. The molecule has 1 fully saturated rings. The number of carbonyl (C=O) groups is 2. The Labute approximate surface area is 142 Å². The van der Waals surface area contributed by atoms with Gasteiger partial charge in [0.25, 0.3) is 5.91 Å². The van der Waals surface area contributed by atoms with E-state index in [2.05, 4.69) is 20.6 Å². The van der Waals surface area contributed by atoms with Gasteiger partial charge in [-0.1, -0.05) is 5.21 Å². The fourth-order valence-corrected chi connectivity index (χ4v) is 2.30. The molecule has 0 aliphatic carbocycles. The number of nitrogens with zero attached hydrogens (tertiary/aromatic N) is 4. The number of pyridine rings is 1. The highest BCUT2D eigenvalue weighted by molar-refractivity contribution is 5.94. The van der Waals surface area contributed by atoms with Crippen LogP contribution < -0.4 is 10.1 Å². The number of aromatic nitrogens is 4. The molecule has 10 heteroatoms. The maximum Gasteiger partial charge on any atom is 0.325 e. The Bertz CT molecular complexity index is 756. The predicted octanol–water partition coefficient (Wildman–Crippen LogP) is -0.145. The van der Waals surface area contributed by atoms with Crippen LogP contribution in [0, 0.1) is 0 Å². The first-order chi connectivity index (χ1) is 12.1. The van der Waals surface area contributed by atoms with Crippen molar-refractivity contribution in [2.75, 3.05) is 13.2 Å². The van der Waals surface area contributed by atoms with Crippen molar-refractivity contribution >= 4 is 11.9 Å². The van der Waals surface area contributed by atoms with Gasteiger partial charge in [0, 0.05) is 24.2 Å². The largest absolute Gasteiger partial charge is 0.480 e. The molecule has 10 nitrogen and oxygen atoms in total. The number of hydrogen-bond acceptors (Lipinski definition) is 7. The number of carboxylic acid groups (broad SMARTS) is 1. The molecule has 0 spiro atoms. The van der Waals surface area contributed by atoms with Crippen LogP contribution in [0.1, 0.15) is 22.5 Å². The molecule has 1 atom stereocenters. The summed E-state index contributed by atoms with van der Waals surface area (Å²) in [5.41, 5.74) is 0.866. The topological polar surface area (TPSA) is 128 Å². The SMILES string of the molecule is O=C(O)Cn1cc(CNC(=O)c2ccnc(OC3CCOC3)c2)nn1. The minimum absolute atomic E-state index is 0.0462. The van der Waals surface area contributed by atoms with Crippen LogP contribution in [0.4, 0.5) is 0 Å². The van der Waals surface area contributed by atoms with Crippen LogP contribution in [-0.2, 0) is 22.6 Å². The molecule has 1 unspecified atom stereocenters. The highest BCUT2D eigenvalue weighted by Gasteiger charge is 2.18. The Kier molecular flexibility index (Phi) is 5.19. The van der Waals surface area contributed by atoms with Crippen LogP contribution in [0.5, 0.6) is 5.88 Å². The van der Waals surface area contributed by atoms with Crippen LogP contribution in [0.2, 0.25) is 0 Å². The van der Waals surface area contributed by atoms with Gasteiger partial charge in [0.15, 0.2) is 0 Å². The normalized spacial score (nSPS) is 16.6. The van der Waals surface area contributed by atoms with Crippen molar-refractivity contribution in [3.05, 3.63) is 35.8 Å². The molecule has 3 heterocycles. The predicted molar refractivity (Wildman–Crippen MR) is 82.9 cm³/mol. The maximum absolute atomic E-state index is 12.2. The van der Waals surface area contributed by atoms with Gasteiger partial charge in [0.1, 0.15) is 18.3 Å². The number of aliphatic carboxylic acids is 1. The summed E-state index contributed by atoms with van der Waals surface area (Å²) in [4.78, 5) is 26.9. The summed E-state index contributed by atoms with van der Waals surface area (Å²) in [6.45, 7) is 1.03. The van der Waals surface area contributed by atoms with E-state index in [-0.39, 0.29) is 25.1 Å². The van der Waals surface area contributed by atoms with E-state index in [4.69, 9.17) is 14.6 Å². The quantitative estimate of drug-likeness (QED) is 0.708. The molecule has 1 amide bonds. The zero-order chi connectivity index (χ0) is 17.6. The van der Waals surface area contributed by atoms with Gasteiger partial charge in [0.2, 0.25) is 5.88 Å². The first-order valence-corrected chi connectivity index (χ1v) is 7.69. The minimum Gasteiger partial charge on any atom is -0.480 e. The highest BCUT2D eigenvalue weighted by Crippen LogP contribution is 2.15. The monoisotopic (exact) mass is 347 g/mol. The Morgan fingerprint density at radius 1 is 1.48 bits per heavy atom. The summed E-state index contributed by atoms with van der Waals surface area (Å²) in [5, 5.41) is 18.9. The average Bonchev–Trinajstić information content (AvgIpc) is 3.24. The smallest absolute Gasteiger partial charge is 0.325 e. The Hall–Kier alpha value is -3.01. The van der Waals surface area contributed by atoms with Gasteiger partial charge in [-0.05, 0) is 6.07 Å². The molecule has 2 aromatic rings. The third kappa shape index (κ3) is 4.73. The molecular weight excluding hydrogens is 330 g/mol. The standard InChI is InChI=1S/C15H17N5O5/c21-14(22)8-20-7-11(18-19-20)6-17-15(23)10-1-3-16-13(5-10)25-12-2-4-24-9-12/h1,3,5,7,12H,2,4,6,8-9H2,(H,17,23)(H,21,22). The lowest BCUT2D eigenvalue weighted by Crippen LogP contribution is -2.23. The van der Waals surface area contributed by atoms with E-state index in [0.29, 0.717) is 30.4 Å². The molecule has 3 rings (SSSR count). The molecule has 1 saturated heterocycles. The van der Waals surface area contributed by atoms with Crippen LogP contribution in [0.25, 0.3) is 0 Å². The number of carbonyl (C=O) groups excluding carboxylic acids is 1. The second-order valence-electron chi connectivity index (χ2n) is 5.47. The Balaban J connectivity index is 1.55. The summed E-state index contributed by atoms with van der Waals surface area (Å²) < 4.78 is 12.1. The average molecular weight is 347 g/mol. The molecule has 2 aromatic heterocycles. The van der Waals surface area contributed by atoms with Crippen molar-refractivity contribution in [3.63, 3.8) is 0 Å².